The first-order valence-corrected chi connectivity index (χ1v) is 6.93. The summed E-state index contributed by atoms with van der Waals surface area (Å²) in [6.45, 7) is 11.8. The lowest BCUT2D eigenvalue weighted by Crippen LogP contribution is -2.17. The molecule has 0 saturated heterocycles. The third-order valence-corrected chi connectivity index (χ3v) is 4.17. The molecular formula is C13H24N2S. The summed E-state index contributed by atoms with van der Waals surface area (Å²) in [5, 5.41) is 1.27. The minimum Gasteiger partial charge on any atom is -0.330 e. The Hall–Kier alpha value is -0.410. The zero-order valence-corrected chi connectivity index (χ0v) is 11.9. The first kappa shape index (κ1) is 13.7. The van der Waals surface area contributed by atoms with Gasteiger partial charge in [0.1, 0.15) is 0 Å². The Morgan fingerprint density at radius 1 is 1.25 bits per heavy atom. The Morgan fingerprint density at radius 3 is 2.31 bits per heavy atom. The predicted molar refractivity (Wildman–Crippen MR) is 72.0 cm³/mol. The molecule has 2 nitrogen and oxygen atoms in total. The molecule has 3 heteroatoms. The normalized spacial score (nSPS) is 13.8. The Labute approximate surface area is 103 Å². The van der Waals surface area contributed by atoms with Crippen molar-refractivity contribution in [3.8, 4) is 0 Å². The maximum absolute atomic E-state index is 5.86. The van der Waals surface area contributed by atoms with E-state index >= 15 is 0 Å². The number of nitrogens with zero attached hydrogens (tertiary/aromatic N) is 1. The molecule has 0 bridgehead atoms. The van der Waals surface area contributed by atoms with Crippen molar-refractivity contribution < 1.29 is 0 Å². The Balaban J connectivity index is 2.91. The van der Waals surface area contributed by atoms with Crippen LogP contribution in [-0.2, 0) is 6.42 Å². The first-order chi connectivity index (χ1) is 7.45. The van der Waals surface area contributed by atoms with Crippen molar-refractivity contribution in [2.75, 3.05) is 6.54 Å². The summed E-state index contributed by atoms with van der Waals surface area (Å²) < 4.78 is 0. The van der Waals surface area contributed by atoms with E-state index < -0.39 is 0 Å². The number of nitrogens with two attached hydrogens (primary N) is 1. The molecule has 0 spiro atoms. The van der Waals surface area contributed by atoms with E-state index in [1.807, 2.05) is 11.3 Å². The van der Waals surface area contributed by atoms with Gasteiger partial charge in [-0.1, -0.05) is 27.7 Å². The van der Waals surface area contributed by atoms with Gasteiger partial charge in [-0.15, -0.1) is 11.3 Å². The van der Waals surface area contributed by atoms with E-state index in [9.17, 15) is 0 Å². The average Bonchev–Trinajstić information content (AvgIpc) is 2.46. The van der Waals surface area contributed by atoms with Crippen molar-refractivity contribution in [1.82, 2.24) is 4.98 Å². The second-order valence-electron chi connectivity index (χ2n) is 5.24. The van der Waals surface area contributed by atoms with Crippen molar-refractivity contribution in [2.24, 2.45) is 17.6 Å². The van der Waals surface area contributed by atoms with Crippen LogP contribution in [0.15, 0.2) is 0 Å². The highest BCUT2D eigenvalue weighted by Gasteiger charge is 2.20. The lowest BCUT2D eigenvalue weighted by Gasteiger charge is -2.17. The number of aryl methyl sites for hydroxylation is 1. The van der Waals surface area contributed by atoms with Crippen LogP contribution in [0.1, 0.15) is 49.2 Å². The summed E-state index contributed by atoms with van der Waals surface area (Å²) in [5.41, 5.74) is 7.05. The number of rotatable bonds is 5. The molecule has 0 aromatic carbocycles. The minimum atomic E-state index is 0.471. The predicted octanol–water partition coefficient (Wildman–Crippen LogP) is 3.35. The fourth-order valence-corrected chi connectivity index (χ4v) is 3.49. The molecule has 0 aliphatic rings. The zero-order chi connectivity index (χ0) is 12.3. The maximum atomic E-state index is 5.86. The Morgan fingerprint density at radius 2 is 1.88 bits per heavy atom. The van der Waals surface area contributed by atoms with Gasteiger partial charge in [-0.3, -0.25) is 0 Å². The molecule has 1 rings (SSSR count). The van der Waals surface area contributed by atoms with Crippen LogP contribution >= 0.6 is 11.3 Å². The van der Waals surface area contributed by atoms with Crippen LogP contribution in [-0.4, -0.2) is 11.5 Å². The minimum absolute atomic E-state index is 0.471. The second kappa shape index (κ2) is 5.78. The second-order valence-corrected chi connectivity index (χ2v) is 6.36. The van der Waals surface area contributed by atoms with Crippen LogP contribution in [0.3, 0.4) is 0 Å². The van der Waals surface area contributed by atoms with Gasteiger partial charge in [-0.05, 0) is 18.8 Å². The van der Waals surface area contributed by atoms with Crippen molar-refractivity contribution >= 4 is 11.3 Å². The third kappa shape index (κ3) is 3.29. The van der Waals surface area contributed by atoms with Crippen LogP contribution in [0.25, 0.3) is 0 Å². The van der Waals surface area contributed by atoms with E-state index in [0.29, 0.717) is 17.8 Å². The fraction of sp³-hybridized carbons (Fsp3) is 0.769. The van der Waals surface area contributed by atoms with Gasteiger partial charge in [-0.2, -0.15) is 0 Å². The van der Waals surface area contributed by atoms with Gasteiger partial charge >= 0.3 is 0 Å². The molecular weight excluding hydrogens is 216 g/mol. The lowest BCUT2D eigenvalue weighted by atomic mass is 9.93. The number of hydrogen-bond acceptors (Lipinski definition) is 3. The summed E-state index contributed by atoms with van der Waals surface area (Å²) in [6, 6.07) is 0. The van der Waals surface area contributed by atoms with Gasteiger partial charge < -0.3 is 5.73 Å². The van der Waals surface area contributed by atoms with Crippen LogP contribution < -0.4 is 5.73 Å². The van der Waals surface area contributed by atoms with Gasteiger partial charge in [0.25, 0.3) is 0 Å². The van der Waals surface area contributed by atoms with Gasteiger partial charge in [0.05, 0.1) is 10.7 Å². The quantitative estimate of drug-likeness (QED) is 0.857. The standard InChI is InChI=1S/C13H24N2S/c1-8(2)6-12-15-10(5)13(16-12)11(7-14)9(3)4/h8-9,11H,6-7,14H2,1-5H3. The summed E-state index contributed by atoms with van der Waals surface area (Å²) in [6.07, 6.45) is 1.08. The van der Waals surface area contributed by atoms with Crippen LogP contribution in [0.2, 0.25) is 0 Å². The van der Waals surface area contributed by atoms with Crippen LogP contribution in [0, 0.1) is 18.8 Å². The summed E-state index contributed by atoms with van der Waals surface area (Å²) in [4.78, 5) is 6.06. The van der Waals surface area contributed by atoms with Crippen molar-refractivity contribution in [1.29, 1.82) is 0 Å². The third-order valence-electron chi connectivity index (χ3n) is 2.86. The van der Waals surface area contributed by atoms with E-state index in [2.05, 4.69) is 39.6 Å². The van der Waals surface area contributed by atoms with E-state index in [0.717, 1.165) is 13.0 Å². The van der Waals surface area contributed by atoms with E-state index in [1.54, 1.807) is 0 Å². The molecule has 1 aromatic rings. The van der Waals surface area contributed by atoms with Crippen LogP contribution in [0.4, 0.5) is 0 Å². The molecule has 0 aliphatic carbocycles. The monoisotopic (exact) mass is 240 g/mol. The largest absolute Gasteiger partial charge is 0.330 e. The van der Waals surface area contributed by atoms with E-state index in [-0.39, 0.29) is 0 Å². The van der Waals surface area contributed by atoms with Gasteiger partial charge in [-0.25, -0.2) is 4.98 Å². The van der Waals surface area contributed by atoms with Gasteiger partial charge in [0.2, 0.25) is 0 Å². The van der Waals surface area contributed by atoms with E-state index in [1.165, 1.54) is 15.6 Å². The summed E-state index contributed by atoms with van der Waals surface area (Å²) in [5.74, 6) is 1.74. The van der Waals surface area contributed by atoms with Crippen molar-refractivity contribution in [3.05, 3.63) is 15.6 Å². The average molecular weight is 240 g/mol. The fourth-order valence-electron chi connectivity index (χ4n) is 1.93. The highest BCUT2D eigenvalue weighted by Crippen LogP contribution is 2.32. The smallest absolute Gasteiger partial charge is 0.0933 e. The number of hydrogen-bond donors (Lipinski definition) is 1. The number of aromatic nitrogens is 1. The molecule has 1 aromatic heterocycles. The molecule has 0 amide bonds. The maximum Gasteiger partial charge on any atom is 0.0933 e. The topological polar surface area (TPSA) is 38.9 Å². The van der Waals surface area contributed by atoms with E-state index in [4.69, 9.17) is 5.73 Å². The molecule has 0 radical (unpaired) electrons. The molecule has 0 saturated carbocycles. The van der Waals surface area contributed by atoms with Gasteiger partial charge in [0.15, 0.2) is 0 Å². The molecule has 1 atom stereocenters. The van der Waals surface area contributed by atoms with Crippen molar-refractivity contribution in [2.45, 2.75) is 47.0 Å². The zero-order valence-electron chi connectivity index (χ0n) is 11.1. The molecule has 92 valence electrons. The Kier molecular flexibility index (Phi) is 4.93. The van der Waals surface area contributed by atoms with Crippen molar-refractivity contribution in [3.63, 3.8) is 0 Å². The molecule has 1 unspecified atom stereocenters. The molecule has 0 aliphatic heterocycles. The highest BCUT2D eigenvalue weighted by atomic mass is 32.1. The lowest BCUT2D eigenvalue weighted by molar-refractivity contribution is 0.510. The SMILES string of the molecule is Cc1nc(CC(C)C)sc1C(CN)C(C)C. The molecule has 2 N–H and O–H groups in total. The Bertz CT molecular complexity index is 329. The van der Waals surface area contributed by atoms with Crippen LogP contribution in [0.5, 0.6) is 0 Å². The molecule has 1 heterocycles. The number of thiazole rings is 1. The molecule has 16 heavy (non-hydrogen) atoms. The molecule has 0 fully saturated rings. The van der Waals surface area contributed by atoms with Gasteiger partial charge in [0, 0.05) is 23.8 Å². The summed E-state index contributed by atoms with van der Waals surface area (Å²) >= 11 is 1.86. The first-order valence-electron chi connectivity index (χ1n) is 6.12. The highest BCUT2D eigenvalue weighted by molar-refractivity contribution is 7.11. The summed E-state index contributed by atoms with van der Waals surface area (Å²) in [7, 11) is 0.